The molecule has 2 fully saturated rings. The zero-order valence-corrected chi connectivity index (χ0v) is 10.7. The van der Waals surface area contributed by atoms with Crippen molar-refractivity contribution in [3.05, 3.63) is 0 Å². The predicted octanol–water partition coefficient (Wildman–Crippen LogP) is 1.27. The van der Waals surface area contributed by atoms with Gasteiger partial charge in [-0.25, -0.2) is 5.84 Å². The van der Waals surface area contributed by atoms with Gasteiger partial charge in [-0.15, -0.1) is 0 Å². The van der Waals surface area contributed by atoms with Crippen LogP contribution in [0.2, 0.25) is 0 Å². The molecule has 0 aromatic carbocycles. The molecule has 3 N–H and O–H groups in total. The zero-order chi connectivity index (χ0) is 12.1. The van der Waals surface area contributed by atoms with E-state index in [0.717, 1.165) is 31.2 Å². The molecule has 2 atom stereocenters. The molecule has 0 aromatic rings. The van der Waals surface area contributed by atoms with Gasteiger partial charge in [0.15, 0.2) is 0 Å². The van der Waals surface area contributed by atoms with Gasteiger partial charge < -0.3 is 4.90 Å². The van der Waals surface area contributed by atoms with E-state index in [2.05, 4.69) is 10.3 Å². The molecular weight excluding hydrogens is 214 g/mol. The topological polar surface area (TPSA) is 58.4 Å². The number of rotatable bonds is 5. The highest BCUT2D eigenvalue weighted by atomic mass is 16.2. The molecule has 1 aliphatic heterocycles. The van der Waals surface area contributed by atoms with Gasteiger partial charge in [0.05, 0.1) is 0 Å². The highest BCUT2D eigenvalue weighted by molar-refractivity contribution is 5.75. The van der Waals surface area contributed by atoms with Crippen molar-refractivity contribution in [1.82, 2.24) is 10.3 Å². The Labute approximate surface area is 104 Å². The first-order valence-corrected chi connectivity index (χ1v) is 6.99. The summed E-state index contributed by atoms with van der Waals surface area (Å²) in [6.07, 6.45) is 8.41. The van der Waals surface area contributed by atoms with Crippen molar-refractivity contribution in [2.75, 3.05) is 19.6 Å². The van der Waals surface area contributed by atoms with E-state index >= 15 is 0 Å². The molecule has 4 nitrogen and oxygen atoms in total. The minimum Gasteiger partial charge on any atom is -0.303 e. The second-order valence-corrected chi connectivity index (χ2v) is 5.68. The molecule has 17 heavy (non-hydrogen) atoms. The van der Waals surface area contributed by atoms with Gasteiger partial charge in [-0.05, 0) is 50.5 Å². The maximum Gasteiger partial charge on any atom is 0.233 e. The SMILES string of the molecule is NNC(=O)CCCCN1CC2CCCC(C2)C1. The van der Waals surface area contributed by atoms with E-state index in [-0.39, 0.29) is 5.91 Å². The second kappa shape index (κ2) is 6.36. The second-order valence-electron chi connectivity index (χ2n) is 5.68. The Morgan fingerprint density at radius 2 is 1.94 bits per heavy atom. The molecule has 4 heteroatoms. The largest absolute Gasteiger partial charge is 0.303 e. The number of fused-ring (bicyclic) bond motifs is 2. The number of hydrazine groups is 1. The van der Waals surface area contributed by atoms with Crippen LogP contribution in [0.5, 0.6) is 0 Å². The molecular formula is C13H25N3O. The lowest BCUT2D eigenvalue weighted by Gasteiger charge is -2.41. The minimum absolute atomic E-state index is 0.0412. The number of hydrogen-bond donors (Lipinski definition) is 2. The number of carbonyl (C=O) groups is 1. The Kier molecular flexibility index (Phi) is 4.80. The summed E-state index contributed by atoms with van der Waals surface area (Å²) in [6, 6.07) is 0. The first-order valence-electron chi connectivity index (χ1n) is 6.99. The number of nitrogens with zero attached hydrogens (tertiary/aromatic N) is 1. The molecule has 1 saturated heterocycles. The maximum absolute atomic E-state index is 11.0. The van der Waals surface area contributed by atoms with Crippen LogP contribution in [0, 0.1) is 11.8 Å². The van der Waals surface area contributed by atoms with Gasteiger partial charge in [0.25, 0.3) is 0 Å². The number of piperidine rings is 1. The summed E-state index contributed by atoms with van der Waals surface area (Å²) in [6.45, 7) is 3.74. The molecule has 0 aromatic heterocycles. The number of nitrogens with two attached hydrogens (primary N) is 1. The van der Waals surface area contributed by atoms with Crippen LogP contribution in [-0.2, 0) is 4.79 Å². The summed E-state index contributed by atoms with van der Waals surface area (Å²) >= 11 is 0. The summed E-state index contributed by atoms with van der Waals surface area (Å²) in [7, 11) is 0. The smallest absolute Gasteiger partial charge is 0.233 e. The molecule has 98 valence electrons. The predicted molar refractivity (Wildman–Crippen MR) is 68.1 cm³/mol. The van der Waals surface area contributed by atoms with Crippen molar-refractivity contribution >= 4 is 5.91 Å². The van der Waals surface area contributed by atoms with Gasteiger partial charge in [-0.2, -0.15) is 0 Å². The van der Waals surface area contributed by atoms with Crippen LogP contribution in [-0.4, -0.2) is 30.4 Å². The maximum atomic E-state index is 11.0. The normalized spacial score (nSPS) is 29.0. The lowest BCUT2D eigenvalue weighted by Crippen LogP contribution is -2.43. The quantitative estimate of drug-likeness (QED) is 0.329. The Morgan fingerprint density at radius 1 is 1.24 bits per heavy atom. The summed E-state index contributed by atoms with van der Waals surface area (Å²) in [5, 5.41) is 0. The fourth-order valence-electron chi connectivity index (χ4n) is 3.41. The van der Waals surface area contributed by atoms with Gasteiger partial charge in [0.2, 0.25) is 5.91 Å². The van der Waals surface area contributed by atoms with Crippen molar-refractivity contribution in [3.63, 3.8) is 0 Å². The molecule has 0 spiro atoms. The van der Waals surface area contributed by atoms with Gasteiger partial charge >= 0.3 is 0 Å². The number of unbranched alkanes of at least 4 members (excludes halogenated alkanes) is 1. The van der Waals surface area contributed by atoms with Crippen LogP contribution in [0.1, 0.15) is 44.9 Å². The molecule has 2 rings (SSSR count). The van der Waals surface area contributed by atoms with E-state index in [0.29, 0.717) is 6.42 Å². The first-order chi connectivity index (χ1) is 8.28. The number of carbonyl (C=O) groups excluding carboxylic acids is 1. The van der Waals surface area contributed by atoms with E-state index in [1.54, 1.807) is 0 Å². The minimum atomic E-state index is -0.0412. The van der Waals surface area contributed by atoms with Crippen LogP contribution >= 0.6 is 0 Å². The average molecular weight is 239 g/mol. The van der Waals surface area contributed by atoms with Crippen LogP contribution in [0.3, 0.4) is 0 Å². The van der Waals surface area contributed by atoms with Crippen molar-refractivity contribution in [1.29, 1.82) is 0 Å². The highest BCUT2D eigenvalue weighted by Crippen LogP contribution is 2.34. The number of hydrogen-bond acceptors (Lipinski definition) is 3. The summed E-state index contributed by atoms with van der Waals surface area (Å²) in [5.74, 6) is 6.92. The Morgan fingerprint density at radius 3 is 2.59 bits per heavy atom. The fraction of sp³-hybridized carbons (Fsp3) is 0.923. The Bertz CT molecular complexity index is 245. The molecule has 0 radical (unpaired) electrons. The van der Waals surface area contributed by atoms with E-state index in [1.165, 1.54) is 38.8 Å². The molecule has 1 aliphatic carbocycles. The van der Waals surface area contributed by atoms with Crippen molar-refractivity contribution in [3.8, 4) is 0 Å². The van der Waals surface area contributed by atoms with E-state index < -0.39 is 0 Å². The molecule has 1 amide bonds. The number of nitrogens with one attached hydrogen (secondary N) is 1. The summed E-state index contributed by atoms with van der Waals surface area (Å²) in [5.41, 5.74) is 2.18. The van der Waals surface area contributed by atoms with Crippen LogP contribution < -0.4 is 11.3 Å². The summed E-state index contributed by atoms with van der Waals surface area (Å²) in [4.78, 5) is 13.6. The highest BCUT2D eigenvalue weighted by Gasteiger charge is 2.29. The standard InChI is InChI=1S/C13H25N3O/c14-15-13(17)6-1-2-7-16-9-11-4-3-5-12(8-11)10-16/h11-12H,1-10,14H2,(H,15,17). The third-order valence-corrected chi connectivity index (χ3v) is 4.21. The monoisotopic (exact) mass is 239 g/mol. The van der Waals surface area contributed by atoms with Gasteiger partial charge in [-0.1, -0.05) is 6.42 Å². The molecule has 2 unspecified atom stereocenters. The van der Waals surface area contributed by atoms with E-state index in [9.17, 15) is 4.79 Å². The van der Waals surface area contributed by atoms with Gasteiger partial charge in [-0.3, -0.25) is 10.2 Å². The fourth-order valence-corrected chi connectivity index (χ4v) is 3.41. The molecule has 1 heterocycles. The molecule has 1 saturated carbocycles. The molecule has 2 bridgehead atoms. The number of amides is 1. The lowest BCUT2D eigenvalue weighted by atomic mass is 9.78. The van der Waals surface area contributed by atoms with Gasteiger partial charge in [0.1, 0.15) is 0 Å². The first kappa shape index (κ1) is 12.8. The van der Waals surface area contributed by atoms with Crippen LogP contribution in [0.15, 0.2) is 0 Å². The Hall–Kier alpha value is -0.610. The third-order valence-electron chi connectivity index (χ3n) is 4.21. The lowest BCUT2D eigenvalue weighted by molar-refractivity contribution is -0.121. The van der Waals surface area contributed by atoms with Crippen molar-refractivity contribution in [2.45, 2.75) is 44.9 Å². The zero-order valence-electron chi connectivity index (χ0n) is 10.7. The van der Waals surface area contributed by atoms with Crippen LogP contribution in [0.4, 0.5) is 0 Å². The number of likely N-dealkylation sites (tertiary alicyclic amines) is 1. The van der Waals surface area contributed by atoms with E-state index in [4.69, 9.17) is 5.84 Å². The van der Waals surface area contributed by atoms with Crippen molar-refractivity contribution < 1.29 is 4.79 Å². The molecule has 2 aliphatic rings. The van der Waals surface area contributed by atoms with Gasteiger partial charge in [0, 0.05) is 19.5 Å². The Balaban J connectivity index is 1.61. The van der Waals surface area contributed by atoms with Crippen molar-refractivity contribution in [2.24, 2.45) is 17.7 Å². The van der Waals surface area contributed by atoms with Crippen LogP contribution in [0.25, 0.3) is 0 Å². The summed E-state index contributed by atoms with van der Waals surface area (Å²) < 4.78 is 0. The third kappa shape index (κ3) is 3.96. The average Bonchev–Trinajstić information content (AvgIpc) is 2.34. The van der Waals surface area contributed by atoms with E-state index in [1.807, 2.05) is 0 Å².